The van der Waals surface area contributed by atoms with Gasteiger partial charge in [-0.15, -0.1) is 0 Å². The third kappa shape index (κ3) is 13.0. The quantitative estimate of drug-likeness (QED) is 0.558. The fraction of sp³-hybridized carbons (Fsp3) is 0. The molecule has 70 valence electrons. The van der Waals surface area contributed by atoms with Crippen LogP contribution in [-0.2, 0) is 0 Å². The molecule has 0 bridgehead atoms. The summed E-state index contributed by atoms with van der Waals surface area (Å²) in [5.41, 5.74) is 0. The van der Waals surface area contributed by atoms with E-state index in [0.29, 0.717) is 5.75 Å². The van der Waals surface area contributed by atoms with Gasteiger partial charge < -0.3 is 17.4 Å². The molecule has 0 radical (unpaired) electrons. The fourth-order valence-corrected chi connectivity index (χ4v) is 0.428. The zero-order valence-electron chi connectivity index (χ0n) is 7.14. The molecule has 0 aromatic heterocycles. The average molecular weight is 180 g/mol. The lowest BCUT2D eigenvalue weighted by Gasteiger charge is -1.82. The highest BCUT2D eigenvalue weighted by Crippen LogP contribution is 2.02. The Hall–Kier alpha value is -2.08. The number of nitriles is 2. The van der Waals surface area contributed by atoms with Gasteiger partial charge in [0.15, 0.2) is 12.1 Å². The molecule has 13 heavy (non-hydrogen) atoms. The largest absolute Gasteiger partial charge is 0.508 e. The summed E-state index contributed by atoms with van der Waals surface area (Å²) in [6, 6.07) is 11.2. The van der Waals surface area contributed by atoms with E-state index < -0.39 is 0 Å². The van der Waals surface area contributed by atoms with Crippen LogP contribution in [0.25, 0.3) is 0 Å². The van der Waals surface area contributed by atoms with Crippen molar-refractivity contribution in [3.8, 4) is 17.9 Å². The van der Waals surface area contributed by atoms with Gasteiger partial charge in [0.05, 0.1) is 0 Å². The van der Waals surface area contributed by atoms with E-state index in [4.69, 9.17) is 15.6 Å². The van der Waals surface area contributed by atoms with E-state index in [9.17, 15) is 0 Å². The molecule has 0 fully saturated rings. The molecular formula is C8H12N4O. The Morgan fingerprint density at radius 3 is 1.46 bits per heavy atom. The topological polar surface area (TPSA) is 138 Å². The molecule has 0 unspecified atom stereocenters. The van der Waals surface area contributed by atoms with E-state index in [1.807, 2.05) is 6.07 Å². The predicted octanol–water partition coefficient (Wildman–Crippen LogP) is 1.75. The maximum Gasteiger partial charge on any atom is 0.181 e. The van der Waals surface area contributed by atoms with Gasteiger partial charge >= 0.3 is 0 Å². The number of benzene rings is 1. The highest BCUT2D eigenvalue weighted by molar-refractivity contribution is 5.18. The minimum atomic E-state index is 0. The van der Waals surface area contributed by atoms with Crippen LogP contribution in [0.15, 0.2) is 30.3 Å². The Bertz CT molecular complexity index is 260. The monoisotopic (exact) mass is 180 g/mol. The molecule has 0 aliphatic rings. The molecule has 0 heterocycles. The smallest absolute Gasteiger partial charge is 0.181 e. The summed E-state index contributed by atoms with van der Waals surface area (Å²) in [5.74, 6) is 0.322. The first-order valence-electron chi connectivity index (χ1n) is 2.83. The third-order valence-corrected chi connectivity index (χ3v) is 0.806. The van der Waals surface area contributed by atoms with Gasteiger partial charge in [0.2, 0.25) is 0 Å². The number of aromatic hydroxyl groups is 1. The lowest BCUT2D eigenvalue weighted by atomic mass is 10.3. The number of hydrogen-bond donors (Lipinski definition) is 3. The second kappa shape index (κ2) is 12.6. The van der Waals surface area contributed by atoms with Crippen molar-refractivity contribution < 1.29 is 5.11 Å². The Kier molecular flexibility index (Phi) is 16.6. The van der Waals surface area contributed by atoms with Crippen molar-refractivity contribution in [3.05, 3.63) is 30.3 Å². The van der Waals surface area contributed by atoms with Gasteiger partial charge in [-0.1, -0.05) is 18.2 Å². The SMILES string of the molecule is N.N.N#CC#N.Oc1ccccc1. The lowest BCUT2D eigenvalue weighted by molar-refractivity contribution is 0.475. The van der Waals surface area contributed by atoms with Gasteiger partial charge in [0, 0.05) is 0 Å². The van der Waals surface area contributed by atoms with E-state index in [0.717, 1.165) is 0 Å². The minimum absolute atomic E-state index is 0. The first-order valence-corrected chi connectivity index (χ1v) is 2.83. The van der Waals surface area contributed by atoms with E-state index >= 15 is 0 Å². The van der Waals surface area contributed by atoms with E-state index in [1.54, 1.807) is 24.3 Å². The Labute approximate surface area is 77.0 Å². The first-order chi connectivity index (χ1) is 5.31. The number of phenolic OH excluding ortho intramolecular Hbond substituents is 1. The predicted molar refractivity (Wildman–Crippen MR) is 49.4 cm³/mol. The summed E-state index contributed by atoms with van der Waals surface area (Å²) in [4.78, 5) is 0. The van der Waals surface area contributed by atoms with Crippen LogP contribution < -0.4 is 12.3 Å². The second-order valence-electron chi connectivity index (χ2n) is 1.56. The van der Waals surface area contributed by atoms with Gasteiger partial charge in [-0.25, -0.2) is 0 Å². The molecule has 1 aromatic carbocycles. The molecule has 5 heteroatoms. The lowest BCUT2D eigenvalue weighted by Crippen LogP contribution is -1.56. The molecule has 0 atom stereocenters. The zero-order valence-corrected chi connectivity index (χ0v) is 7.14. The molecule has 0 amide bonds. The number of rotatable bonds is 0. The van der Waals surface area contributed by atoms with Gasteiger partial charge in [-0.3, -0.25) is 0 Å². The number of nitrogens with zero attached hydrogens (tertiary/aromatic N) is 2. The number of para-hydroxylation sites is 1. The van der Waals surface area contributed by atoms with Crippen LogP contribution in [0, 0.1) is 22.7 Å². The number of phenols is 1. The molecule has 0 saturated carbocycles. The maximum absolute atomic E-state index is 8.63. The van der Waals surface area contributed by atoms with E-state index in [-0.39, 0.29) is 12.3 Å². The van der Waals surface area contributed by atoms with Crippen LogP contribution in [0.3, 0.4) is 0 Å². The summed E-state index contributed by atoms with van der Waals surface area (Å²) < 4.78 is 0. The summed E-state index contributed by atoms with van der Waals surface area (Å²) >= 11 is 0. The molecule has 0 spiro atoms. The highest BCUT2D eigenvalue weighted by atomic mass is 16.3. The summed E-state index contributed by atoms with van der Waals surface area (Å²) in [6.07, 6.45) is 0. The Balaban J connectivity index is -0.000000150. The zero-order chi connectivity index (χ0) is 8.53. The van der Waals surface area contributed by atoms with Crippen LogP contribution in [0.2, 0.25) is 0 Å². The van der Waals surface area contributed by atoms with Gasteiger partial charge in [-0.2, -0.15) is 10.5 Å². The molecular weight excluding hydrogens is 168 g/mol. The molecule has 7 N–H and O–H groups in total. The van der Waals surface area contributed by atoms with Crippen LogP contribution in [0.5, 0.6) is 5.75 Å². The number of hydrogen-bond acceptors (Lipinski definition) is 5. The van der Waals surface area contributed by atoms with Crippen molar-refractivity contribution in [2.45, 2.75) is 0 Å². The van der Waals surface area contributed by atoms with Crippen LogP contribution in [-0.4, -0.2) is 5.11 Å². The molecule has 1 aromatic rings. The van der Waals surface area contributed by atoms with E-state index in [1.165, 1.54) is 12.1 Å². The molecule has 1 rings (SSSR count). The molecule has 0 saturated heterocycles. The summed E-state index contributed by atoms with van der Waals surface area (Å²) in [7, 11) is 0. The van der Waals surface area contributed by atoms with Crippen molar-refractivity contribution in [2.24, 2.45) is 0 Å². The van der Waals surface area contributed by atoms with Crippen molar-refractivity contribution in [1.29, 1.82) is 10.5 Å². The fourth-order valence-electron chi connectivity index (χ4n) is 0.428. The van der Waals surface area contributed by atoms with E-state index in [2.05, 4.69) is 0 Å². The standard InChI is InChI=1S/C6H6O.C2N2.2H3N/c7-6-4-2-1-3-5-6;3-1-2-4;;/h1-5,7H;;2*1H3. The minimum Gasteiger partial charge on any atom is -0.508 e. The molecule has 5 nitrogen and oxygen atoms in total. The normalized spacial score (nSPS) is 5.38. The molecule has 0 aliphatic carbocycles. The van der Waals surface area contributed by atoms with Crippen molar-refractivity contribution in [3.63, 3.8) is 0 Å². The molecule has 0 aliphatic heterocycles. The van der Waals surface area contributed by atoms with Crippen LogP contribution in [0.4, 0.5) is 0 Å². The van der Waals surface area contributed by atoms with Crippen LogP contribution >= 0.6 is 0 Å². The van der Waals surface area contributed by atoms with Crippen molar-refractivity contribution >= 4 is 0 Å². The first kappa shape index (κ1) is 17.1. The van der Waals surface area contributed by atoms with Crippen LogP contribution in [0.1, 0.15) is 0 Å². The third-order valence-electron chi connectivity index (χ3n) is 0.806. The van der Waals surface area contributed by atoms with Gasteiger partial charge in [-0.05, 0) is 12.1 Å². The average Bonchev–Trinajstić information content (AvgIpc) is 2.07. The summed E-state index contributed by atoms with van der Waals surface area (Å²) in [6.45, 7) is 0. The highest BCUT2D eigenvalue weighted by Gasteiger charge is 1.74. The van der Waals surface area contributed by atoms with Gasteiger partial charge in [0.25, 0.3) is 0 Å². The maximum atomic E-state index is 8.63. The Morgan fingerprint density at radius 2 is 1.31 bits per heavy atom. The Morgan fingerprint density at radius 1 is 0.923 bits per heavy atom. The van der Waals surface area contributed by atoms with Crippen molar-refractivity contribution in [2.75, 3.05) is 0 Å². The second-order valence-corrected chi connectivity index (χ2v) is 1.56. The van der Waals surface area contributed by atoms with Crippen molar-refractivity contribution in [1.82, 2.24) is 12.3 Å². The summed E-state index contributed by atoms with van der Waals surface area (Å²) in [5, 5.41) is 23.2. The van der Waals surface area contributed by atoms with Gasteiger partial charge in [0.1, 0.15) is 5.75 Å².